The van der Waals surface area contributed by atoms with Gasteiger partial charge in [0.05, 0.1) is 5.75 Å². The fraction of sp³-hybridized carbons (Fsp3) is 0.857. The minimum atomic E-state index is -3.23. The zero-order valence-electron chi connectivity index (χ0n) is 7.07. The highest BCUT2D eigenvalue weighted by atomic mass is 32.2. The van der Waals surface area contributed by atoms with Gasteiger partial charge in [-0.3, -0.25) is 0 Å². The second-order valence-electron chi connectivity index (χ2n) is 2.96. The van der Waals surface area contributed by atoms with Crippen molar-refractivity contribution in [3.8, 4) is 0 Å². The van der Waals surface area contributed by atoms with E-state index in [2.05, 4.69) is 16.0 Å². The van der Waals surface area contributed by atoms with Crippen LogP contribution in [0.4, 0.5) is 0 Å². The zero-order chi connectivity index (χ0) is 9.03. The van der Waals surface area contributed by atoms with E-state index < -0.39 is 10.0 Å². The molecule has 0 saturated carbocycles. The first-order valence-electron chi connectivity index (χ1n) is 4.07. The summed E-state index contributed by atoms with van der Waals surface area (Å²) in [4.78, 5) is 2.14. The Kier molecular flexibility index (Phi) is 3.22. The Morgan fingerprint density at radius 2 is 1.92 bits per heavy atom. The smallest absolute Gasteiger partial charge is 0.253 e. The van der Waals surface area contributed by atoms with Crippen LogP contribution in [-0.4, -0.2) is 45.4 Å². The number of rotatable bonds is 4. The van der Waals surface area contributed by atoms with E-state index in [9.17, 15) is 8.42 Å². The first-order valence-corrected chi connectivity index (χ1v) is 5.68. The third-order valence-electron chi connectivity index (χ3n) is 2.06. The lowest BCUT2D eigenvalue weighted by Crippen LogP contribution is -2.25. The SMILES string of the molecule is C=NS(=O)(=O)CCN1CCCC1. The maximum absolute atomic E-state index is 10.9. The van der Waals surface area contributed by atoms with Crippen molar-refractivity contribution in [2.75, 3.05) is 25.4 Å². The molecule has 0 spiro atoms. The Balaban J connectivity index is 2.29. The first kappa shape index (κ1) is 9.67. The summed E-state index contributed by atoms with van der Waals surface area (Å²) in [7, 11) is -3.23. The van der Waals surface area contributed by atoms with Gasteiger partial charge in [0, 0.05) is 13.3 Å². The lowest BCUT2D eigenvalue weighted by molar-refractivity contribution is 0.359. The van der Waals surface area contributed by atoms with Gasteiger partial charge >= 0.3 is 0 Å². The number of hydrogen-bond donors (Lipinski definition) is 0. The fourth-order valence-electron chi connectivity index (χ4n) is 1.32. The summed E-state index contributed by atoms with van der Waals surface area (Å²) in [6, 6.07) is 0. The van der Waals surface area contributed by atoms with Crippen LogP contribution < -0.4 is 0 Å². The van der Waals surface area contributed by atoms with E-state index in [1.165, 1.54) is 12.8 Å². The summed E-state index contributed by atoms with van der Waals surface area (Å²) in [6.45, 7) is 5.66. The molecule has 70 valence electrons. The molecule has 0 bridgehead atoms. The van der Waals surface area contributed by atoms with E-state index in [1.807, 2.05) is 0 Å². The second kappa shape index (κ2) is 4.00. The Labute approximate surface area is 73.3 Å². The minimum Gasteiger partial charge on any atom is -0.302 e. The van der Waals surface area contributed by atoms with Crippen LogP contribution in [0.3, 0.4) is 0 Å². The summed E-state index contributed by atoms with van der Waals surface area (Å²) in [5.74, 6) is 0.108. The van der Waals surface area contributed by atoms with Crippen LogP contribution >= 0.6 is 0 Å². The largest absolute Gasteiger partial charge is 0.302 e. The Hall–Kier alpha value is -0.420. The molecule has 0 aliphatic carbocycles. The molecule has 1 fully saturated rings. The minimum absolute atomic E-state index is 0.108. The molecule has 5 heteroatoms. The number of nitrogens with zero attached hydrogens (tertiary/aromatic N) is 2. The van der Waals surface area contributed by atoms with Crippen LogP contribution in [-0.2, 0) is 10.0 Å². The molecule has 1 heterocycles. The maximum Gasteiger partial charge on any atom is 0.253 e. The average Bonchev–Trinajstić information content (AvgIpc) is 2.53. The molecule has 0 unspecified atom stereocenters. The summed E-state index contributed by atoms with van der Waals surface area (Å²) in [6.07, 6.45) is 2.36. The van der Waals surface area contributed by atoms with E-state index in [4.69, 9.17) is 0 Å². The summed E-state index contributed by atoms with van der Waals surface area (Å²) >= 11 is 0. The van der Waals surface area contributed by atoms with E-state index in [0.29, 0.717) is 6.54 Å². The van der Waals surface area contributed by atoms with Gasteiger partial charge in [0.25, 0.3) is 10.0 Å². The molecule has 0 aromatic heterocycles. The molecule has 0 aromatic carbocycles. The molecule has 0 aromatic rings. The Bertz CT molecular complexity index is 242. The van der Waals surface area contributed by atoms with Crippen LogP contribution in [0, 0.1) is 0 Å². The zero-order valence-corrected chi connectivity index (χ0v) is 7.89. The second-order valence-corrected chi connectivity index (χ2v) is 4.79. The summed E-state index contributed by atoms with van der Waals surface area (Å²) < 4.78 is 24.9. The molecule has 1 aliphatic heterocycles. The van der Waals surface area contributed by atoms with Crippen molar-refractivity contribution in [1.29, 1.82) is 0 Å². The van der Waals surface area contributed by atoms with Gasteiger partial charge in [-0.05, 0) is 25.9 Å². The monoisotopic (exact) mass is 190 g/mol. The molecular weight excluding hydrogens is 176 g/mol. The lowest BCUT2D eigenvalue weighted by Gasteiger charge is -2.12. The summed E-state index contributed by atoms with van der Waals surface area (Å²) in [5, 5.41) is 0. The molecule has 0 N–H and O–H groups in total. The molecule has 1 rings (SSSR count). The standard InChI is InChI=1S/C7H14N2O2S/c1-8-12(10,11)7-6-9-4-2-3-5-9/h1-7H2. The molecule has 1 saturated heterocycles. The average molecular weight is 190 g/mol. The summed E-state index contributed by atoms with van der Waals surface area (Å²) in [5.41, 5.74) is 0. The normalized spacial score (nSPS) is 19.7. The van der Waals surface area contributed by atoms with Crippen molar-refractivity contribution < 1.29 is 8.42 Å². The molecule has 0 atom stereocenters. The van der Waals surface area contributed by atoms with Crippen molar-refractivity contribution in [3.63, 3.8) is 0 Å². The van der Waals surface area contributed by atoms with E-state index in [-0.39, 0.29) is 5.75 Å². The van der Waals surface area contributed by atoms with E-state index in [1.54, 1.807) is 0 Å². The van der Waals surface area contributed by atoms with Crippen molar-refractivity contribution in [3.05, 3.63) is 0 Å². The van der Waals surface area contributed by atoms with Gasteiger partial charge in [-0.15, -0.1) is 0 Å². The number of likely N-dealkylation sites (tertiary alicyclic amines) is 1. The third kappa shape index (κ3) is 2.91. The quantitative estimate of drug-likeness (QED) is 0.591. The first-order chi connectivity index (χ1) is 5.64. The highest BCUT2D eigenvalue weighted by molar-refractivity contribution is 7.90. The van der Waals surface area contributed by atoms with Gasteiger partial charge in [0.1, 0.15) is 0 Å². The van der Waals surface area contributed by atoms with Crippen LogP contribution in [0.1, 0.15) is 12.8 Å². The molecular formula is C7H14N2O2S. The topological polar surface area (TPSA) is 49.7 Å². The van der Waals surface area contributed by atoms with Crippen LogP contribution in [0.25, 0.3) is 0 Å². The number of hydrogen-bond acceptors (Lipinski definition) is 3. The molecule has 1 aliphatic rings. The van der Waals surface area contributed by atoms with Gasteiger partial charge in [-0.2, -0.15) is 4.40 Å². The molecule has 0 amide bonds. The fourth-order valence-corrected chi connectivity index (χ4v) is 1.93. The maximum atomic E-state index is 10.9. The van der Waals surface area contributed by atoms with Crippen molar-refractivity contribution in [2.24, 2.45) is 4.40 Å². The van der Waals surface area contributed by atoms with Crippen molar-refractivity contribution in [1.82, 2.24) is 4.90 Å². The Morgan fingerprint density at radius 3 is 2.42 bits per heavy atom. The van der Waals surface area contributed by atoms with Crippen LogP contribution in [0.5, 0.6) is 0 Å². The van der Waals surface area contributed by atoms with Gasteiger partial charge in [0.2, 0.25) is 0 Å². The van der Waals surface area contributed by atoms with Crippen molar-refractivity contribution >= 4 is 16.7 Å². The predicted octanol–water partition coefficient (Wildman–Crippen LogP) is 0.113. The van der Waals surface area contributed by atoms with Gasteiger partial charge in [-0.25, -0.2) is 8.42 Å². The number of sulfonamides is 1. The van der Waals surface area contributed by atoms with Gasteiger partial charge in [-0.1, -0.05) is 0 Å². The molecule has 12 heavy (non-hydrogen) atoms. The van der Waals surface area contributed by atoms with Crippen LogP contribution in [0.15, 0.2) is 4.40 Å². The van der Waals surface area contributed by atoms with Crippen LogP contribution in [0.2, 0.25) is 0 Å². The highest BCUT2D eigenvalue weighted by Gasteiger charge is 2.14. The van der Waals surface area contributed by atoms with Gasteiger partial charge in [0.15, 0.2) is 0 Å². The third-order valence-corrected chi connectivity index (χ3v) is 3.15. The van der Waals surface area contributed by atoms with Gasteiger partial charge < -0.3 is 4.90 Å². The Morgan fingerprint density at radius 1 is 1.33 bits per heavy atom. The molecule has 4 nitrogen and oxygen atoms in total. The molecule has 0 radical (unpaired) electrons. The van der Waals surface area contributed by atoms with E-state index in [0.717, 1.165) is 13.1 Å². The lowest BCUT2D eigenvalue weighted by atomic mass is 10.4. The van der Waals surface area contributed by atoms with Crippen molar-refractivity contribution in [2.45, 2.75) is 12.8 Å². The van der Waals surface area contributed by atoms with E-state index >= 15 is 0 Å². The predicted molar refractivity (Wildman–Crippen MR) is 49.0 cm³/mol. The highest BCUT2D eigenvalue weighted by Crippen LogP contribution is 2.07.